The van der Waals surface area contributed by atoms with Gasteiger partial charge < -0.3 is 5.11 Å². The molecule has 0 saturated heterocycles. The predicted molar refractivity (Wildman–Crippen MR) is 46.9 cm³/mol. The van der Waals surface area contributed by atoms with Crippen molar-refractivity contribution < 1.29 is 18.3 Å². The minimum atomic E-state index is -3.47. The van der Waals surface area contributed by atoms with Crippen LogP contribution in [0.2, 0.25) is 0 Å². The van der Waals surface area contributed by atoms with E-state index < -0.39 is 24.3 Å². The maximum absolute atomic E-state index is 12.9. The third-order valence-corrected chi connectivity index (χ3v) is 1.96. The van der Waals surface area contributed by atoms with Crippen molar-refractivity contribution in [3.63, 3.8) is 0 Å². The molecule has 1 N–H and O–H groups in total. The molecule has 0 aliphatic carbocycles. The molecule has 1 atom stereocenters. The summed E-state index contributed by atoms with van der Waals surface area (Å²) in [6.07, 6.45) is -0.828. The summed E-state index contributed by atoms with van der Waals surface area (Å²) in [5.74, 6) is -3.47. The molecule has 0 aliphatic heterocycles. The molecule has 0 amide bonds. The number of alkyl halides is 3. The van der Waals surface area contributed by atoms with Crippen LogP contribution in [0.25, 0.3) is 0 Å². The van der Waals surface area contributed by atoms with Crippen molar-refractivity contribution in [3.05, 3.63) is 35.4 Å². The summed E-state index contributed by atoms with van der Waals surface area (Å²) < 4.78 is 37.7. The highest BCUT2D eigenvalue weighted by molar-refractivity contribution is 5.28. The maximum Gasteiger partial charge on any atom is 0.301 e. The highest BCUT2D eigenvalue weighted by Gasteiger charge is 2.31. The van der Waals surface area contributed by atoms with E-state index in [0.717, 1.165) is 12.1 Å². The summed E-state index contributed by atoms with van der Waals surface area (Å²) in [5, 5.41) is 9.15. The summed E-state index contributed by atoms with van der Waals surface area (Å²) in [4.78, 5) is 0. The van der Waals surface area contributed by atoms with Gasteiger partial charge in [-0.25, -0.2) is 4.39 Å². The van der Waals surface area contributed by atoms with E-state index >= 15 is 0 Å². The molecule has 0 radical (unpaired) electrons. The Balaban J connectivity index is 3.05. The van der Waals surface area contributed by atoms with Gasteiger partial charge in [-0.3, -0.25) is 0 Å². The summed E-state index contributed by atoms with van der Waals surface area (Å²) in [6.45, 7) is -0.261. The number of halogens is 3. The van der Waals surface area contributed by atoms with Gasteiger partial charge in [-0.15, -0.1) is 0 Å². The van der Waals surface area contributed by atoms with Gasteiger partial charge in [0.05, 0.1) is 6.10 Å². The quantitative estimate of drug-likeness (QED) is 0.802. The van der Waals surface area contributed by atoms with Crippen LogP contribution in [0, 0.1) is 0 Å². The Morgan fingerprint density at radius 2 is 2.07 bits per heavy atom. The second-order valence-electron chi connectivity index (χ2n) is 3.14. The van der Waals surface area contributed by atoms with Crippen LogP contribution in [0.15, 0.2) is 24.3 Å². The first-order valence-electron chi connectivity index (χ1n) is 4.19. The van der Waals surface area contributed by atoms with Gasteiger partial charge >= 0.3 is 5.92 Å². The predicted octanol–water partition coefficient (Wildman–Crippen LogP) is 2.80. The maximum atomic E-state index is 12.9. The zero-order valence-electron chi connectivity index (χ0n) is 7.67. The molecule has 1 aromatic rings. The van der Waals surface area contributed by atoms with Crippen molar-refractivity contribution in [2.45, 2.75) is 19.0 Å². The van der Waals surface area contributed by atoms with Gasteiger partial charge in [0.1, 0.15) is 0 Å². The van der Waals surface area contributed by atoms with Gasteiger partial charge in [0.15, 0.2) is 6.67 Å². The summed E-state index contributed by atoms with van der Waals surface area (Å²) in [6, 6.07) is 5.15. The standard InChI is InChI=1S/C10H11F3O/c1-7(14)8-3-2-4-9(5-8)10(12,13)6-11/h2-5,7,14H,6H2,1H3. The third-order valence-electron chi connectivity index (χ3n) is 1.96. The topological polar surface area (TPSA) is 20.2 Å². The molecule has 0 aromatic heterocycles. The SMILES string of the molecule is CC(O)c1cccc(C(F)(F)CF)c1. The lowest BCUT2D eigenvalue weighted by Gasteiger charge is -2.14. The lowest BCUT2D eigenvalue weighted by Crippen LogP contribution is -2.16. The molecule has 0 fully saturated rings. The van der Waals surface area contributed by atoms with E-state index in [1.165, 1.54) is 19.1 Å². The van der Waals surface area contributed by atoms with Crippen LogP contribution in [0.4, 0.5) is 13.2 Å². The molecule has 1 rings (SSSR count). The molecule has 1 nitrogen and oxygen atoms in total. The number of aliphatic hydroxyl groups is 1. The average Bonchev–Trinajstić information content (AvgIpc) is 2.18. The number of rotatable bonds is 3. The zero-order valence-corrected chi connectivity index (χ0v) is 7.67. The van der Waals surface area contributed by atoms with Gasteiger partial charge in [-0.1, -0.05) is 18.2 Å². The van der Waals surface area contributed by atoms with Gasteiger partial charge in [0.2, 0.25) is 0 Å². The van der Waals surface area contributed by atoms with Crippen molar-refractivity contribution in [3.8, 4) is 0 Å². The molecule has 0 aliphatic rings. The molecular formula is C10H11F3O. The zero-order chi connectivity index (χ0) is 10.8. The fraction of sp³-hybridized carbons (Fsp3) is 0.400. The lowest BCUT2D eigenvalue weighted by molar-refractivity contribution is -0.0282. The fourth-order valence-electron chi connectivity index (χ4n) is 1.10. The van der Waals surface area contributed by atoms with Gasteiger partial charge in [0.25, 0.3) is 0 Å². The number of aliphatic hydroxyl groups excluding tert-OH is 1. The molecule has 0 saturated carbocycles. The van der Waals surface area contributed by atoms with Crippen LogP contribution < -0.4 is 0 Å². The minimum Gasteiger partial charge on any atom is -0.389 e. The van der Waals surface area contributed by atoms with Gasteiger partial charge in [-0.2, -0.15) is 8.78 Å². The van der Waals surface area contributed by atoms with E-state index in [4.69, 9.17) is 5.11 Å². The molecule has 4 heteroatoms. The van der Waals surface area contributed by atoms with Crippen molar-refractivity contribution >= 4 is 0 Å². The highest BCUT2D eigenvalue weighted by Crippen LogP contribution is 2.29. The first-order chi connectivity index (χ1) is 6.47. The molecule has 0 bridgehead atoms. The summed E-state index contributed by atoms with van der Waals surface area (Å²) >= 11 is 0. The summed E-state index contributed by atoms with van der Waals surface area (Å²) in [7, 11) is 0. The van der Waals surface area contributed by atoms with Gasteiger partial charge in [-0.05, 0) is 18.6 Å². The van der Waals surface area contributed by atoms with E-state index in [-0.39, 0.29) is 0 Å². The molecule has 0 spiro atoms. The highest BCUT2D eigenvalue weighted by atomic mass is 19.3. The van der Waals surface area contributed by atoms with Crippen LogP contribution >= 0.6 is 0 Å². The van der Waals surface area contributed by atoms with Crippen LogP contribution in [0.3, 0.4) is 0 Å². The second kappa shape index (κ2) is 4.00. The second-order valence-corrected chi connectivity index (χ2v) is 3.14. The molecule has 1 aromatic carbocycles. The smallest absolute Gasteiger partial charge is 0.301 e. The van der Waals surface area contributed by atoms with E-state index in [1.54, 1.807) is 0 Å². The van der Waals surface area contributed by atoms with Crippen LogP contribution in [-0.2, 0) is 5.92 Å². The number of hydrogen-bond donors (Lipinski definition) is 1. The van der Waals surface area contributed by atoms with E-state index in [9.17, 15) is 13.2 Å². The van der Waals surface area contributed by atoms with Gasteiger partial charge in [0, 0.05) is 5.56 Å². The van der Waals surface area contributed by atoms with E-state index in [2.05, 4.69) is 0 Å². The van der Waals surface area contributed by atoms with Crippen molar-refractivity contribution in [1.29, 1.82) is 0 Å². The Morgan fingerprint density at radius 1 is 1.43 bits per heavy atom. The van der Waals surface area contributed by atoms with E-state index in [0.29, 0.717) is 5.56 Å². The Bertz CT molecular complexity index is 310. The Morgan fingerprint density at radius 3 is 2.57 bits per heavy atom. The van der Waals surface area contributed by atoms with Crippen molar-refractivity contribution in [1.82, 2.24) is 0 Å². The molecule has 78 valence electrons. The molecule has 0 heterocycles. The Hall–Kier alpha value is -1.03. The van der Waals surface area contributed by atoms with Crippen LogP contribution in [-0.4, -0.2) is 11.8 Å². The first kappa shape index (κ1) is 11.0. The molecule has 14 heavy (non-hydrogen) atoms. The minimum absolute atomic E-state index is 0.357. The number of benzene rings is 1. The molecule has 1 unspecified atom stereocenters. The Labute approximate surface area is 80.2 Å². The monoisotopic (exact) mass is 204 g/mol. The molecular weight excluding hydrogens is 193 g/mol. The fourth-order valence-corrected chi connectivity index (χ4v) is 1.10. The first-order valence-corrected chi connectivity index (χ1v) is 4.19. The van der Waals surface area contributed by atoms with E-state index in [1.807, 2.05) is 0 Å². The largest absolute Gasteiger partial charge is 0.389 e. The van der Waals surface area contributed by atoms with Crippen LogP contribution in [0.5, 0.6) is 0 Å². The Kier molecular flexibility index (Phi) is 3.16. The van der Waals surface area contributed by atoms with Crippen molar-refractivity contribution in [2.75, 3.05) is 6.67 Å². The van der Waals surface area contributed by atoms with Crippen molar-refractivity contribution in [2.24, 2.45) is 0 Å². The lowest BCUT2D eigenvalue weighted by atomic mass is 10.0. The third kappa shape index (κ3) is 2.26. The van der Waals surface area contributed by atoms with Crippen LogP contribution in [0.1, 0.15) is 24.2 Å². The normalized spacial score (nSPS) is 14.1. The number of hydrogen-bond acceptors (Lipinski definition) is 1. The average molecular weight is 204 g/mol. The summed E-state index contributed by atoms with van der Waals surface area (Å²) in [5.41, 5.74) is -0.0472.